The molecule has 0 spiro atoms. The molecule has 0 amide bonds. The van der Waals surface area contributed by atoms with Crippen LogP contribution in [0.1, 0.15) is 42.1 Å². The fourth-order valence-electron chi connectivity index (χ4n) is 4.18. The molecular weight excluding hydrogens is 430 g/mol. The van der Waals surface area contributed by atoms with Crippen molar-refractivity contribution < 1.29 is 13.5 Å². The molecule has 1 aromatic carbocycles. The van der Waals surface area contributed by atoms with E-state index in [0.29, 0.717) is 6.61 Å². The van der Waals surface area contributed by atoms with E-state index >= 15 is 0 Å². The Hall–Kier alpha value is -2.06. The van der Waals surface area contributed by atoms with Crippen molar-refractivity contribution in [1.29, 1.82) is 0 Å². The van der Waals surface area contributed by atoms with Crippen LogP contribution >= 0.6 is 15.9 Å². The standard InChI is InChI=1S/C20H19BrF2N4O/c21-15-8-13(18(22)23)9-16-14(15)2-1-5-26(16)20-17-10-24-4-6-27(17)19(25-20)12-3-7-28-11-12/h4,6,8-10,12,18H,1-3,5,7,11H2. The summed E-state index contributed by atoms with van der Waals surface area (Å²) in [6.07, 6.45) is 5.64. The zero-order valence-corrected chi connectivity index (χ0v) is 16.7. The third-order valence-electron chi connectivity index (χ3n) is 5.55. The van der Waals surface area contributed by atoms with Crippen molar-refractivity contribution in [2.45, 2.75) is 31.6 Å². The highest BCUT2D eigenvalue weighted by molar-refractivity contribution is 9.10. The first-order chi connectivity index (χ1) is 13.6. The molecule has 2 aliphatic heterocycles. The SMILES string of the molecule is FC(F)c1cc(Br)c2c(c1)N(c1nc(C3CCOC3)n3ccncc13)CCC2. The van der Waals surface area contributed by atoms with Crippen molar-refractivity contribution in [3.05, 3.63) is 52.1 Å². The molecule has 0 bridgehead atoms. The summed E-state index contributed by atoms with van der Waals surface area (Å²) in [6, 6.07) is 3.13. The molecule has 146 valence electrons. The van der Waals surface area contributed by atoms with Crippen molar-refractivity contribution in [3.8, 4) is 0 Å². The number of benzene rings is 1. The van der Waals surface area contributed by atoms with Gasteiger partial charge in [-0.3, -0.25) is 9.38 Å². The summed E-state index contributed by atoms with van der Waals surface area (Å²) in [5.74, 6) is 1.95. The number of hydrogen-bond acceptors (Lipinski definition) is 4. The Morgan fingerprint density at radius 3 is 2.96 bits per heavy atom. The van der Waals surface area contributed by atoms with Crippen LogP contribution in [0.4, 0.5) is 20.3 Å². The van der Waals surface area contributed by atoms with Crippen molar-refractivity contribution in [2.24, 2.45) is 0 Å². The van der Waals surface area contributed by atoms with Gasteiger partial charge in [-0.25, -0.2) is 13.8 Å². The Morgan fingerprint density at radius 1 is 1.29 bits per heavy atom. The van der Waals surface area contributed by atoms with Gasteiger partial charge >= 0.3 is 0 Å². The largest absolute Gasteiger partial charge is 0.381 e. The Bertz CT molecular complexity index is 1030. The number of rotatable bonds is 3. The molecule has 4 heterocycles. The minimum absolute atomic E-state index is 0.0172. The Labute approximate surface area is 169 Å². The third kappa shape index (κ3) is 2.90. The number of aromatic nitrogens is 3. The molecule has 0 N–H and O–H groups in total. The summed E-state index contributed by atoms with van der Waals surface area (Å²) >= 11 is 3.50. The summed E-state index contributed by atoms with van der Waals surface area (Å²) < 4.78 is 35.2. The number of halogens is 3. The summed E-state index contributed by atoms with van der Waals surface area (Å²) in [5, 5.41) is 0. The molecule has 2 aromatic heterocycles. The maximum Gasteiger partial charge on any atom is 0.263 e. The number of nitrogens with zero attached hydrogens (tertiary/aromatic N) is 4. The van der Waals surface area contributed by atoms with Crippen LogP contribution in [-0.2, 0) is 11.2 Å². The lowest BCUT2D eigenvalue weighted by molar-refractivity contribution is 0.151. The highest BCUT2D eigenvalue weighted by Gasteiger charge is 2.29. The quantitative estimate of drug-likeness (QED) is 0.564. The first-order valence-electron chi connectivity index (χ1n) is 9.41. The molecule has 0 saturated carbocycles. The van der Waals surface area contributed by atoms with E-state index < -0.39 is 6.43 Å². The second-order valence-corrected chi connectivity index (χ2v) is 8.10. The fraction of sp³-hybridized carbons (Fsp3) is 0.400. The molecule has 0 aliphatic carbocycles. The maximum absolute atomic E-state index is 13.4. The molecule has 1 fully saturated rings. The van der Waals surface area contributed by atoms with E-state index in [-0.39, 0.29) is 11.5 Å². The van der Waals surface area contributed by atoms with Crippen molar-refractivity contribution in [1.82, 2.24) is 14.4 Å². The first kappa shape index (κ1) is 18.0. The van der Waals surface area contributed by atoms with Crippen LogP contribution < -0.4 is 4.90 Å². The first-order valence-corrected chi connectivity index (χ1v) is 10.2. The van der Waals surface area contributed by atoms with E-state index in [1.165, 1.54) is 6.07 Å². The van der Waals surface area contributed by atoms with Crippen LogP contribution in [0.15, 0.2) is 35.2 Å². The molecule has 8 heteroatoms. The van der Waals surface area contributed by atoms with E-state index in [2.05, 4.69) is 30.2 Å². The number of imidazole rings is 1. The van der Waals surface area contributed by atoms with Crippen LogP contribution in [0.25, 0.3) is 5.52 Å². The lowest BCUT2D eigenvalue weighted by atomic mass is 9.99. The molecule has 28 heavy (non-hydrogen) atoms. The predicted octanol–water partition coefficient (Wildman–Crippen LogP) is 5.02. The zero-order chi connectivity index (χ0) is 19.3. The highest BCUT2D eigenvalue weighted by atomic mass is 79.9. The minimum atomic E-state index is -2.52. The van der Waals surface area contributed by atoms with Gasteiger partial charge in [0, 0.05) is 47.2 Å². The average Bonchev–Trinajstić information content (AvgIpc) is 3.35. The molecular formula is C20H19BrF2N4O. The lowest BCUT2D eigenvalue weighted by Gasteiger charge is -2.31. The minimum Gasteiger partial charge on any atom is -0.381 e. The van der Waals surface area contributed by atoms with Gasteiger partial charge in [0.05, 0.1) is 12.8 Å². The van der Waals surface area contributed by atoms with Gasteiger partial charge in [0.25, 0.3) is 6.43 Å². The van der Waals surface area contributed by atoms with Gasteiger partial charge in [0.2, 0.25) is 0 Å². The van der Waals surface area contributed by atoms with Crippen LogP contribution in [0.2, 0.25) is 0 Å². The molecule has 3 aromatic rings. The molecule has 5 nitrogen and oxygen atoms in total. The van der Waals surface area contributed by atoms with E-state index in [4.69, 9.17) is 9.72 Å². The molecule has 2 aliphatic rings. The topological polar surface area (TPSA) is 42.7 Å². The van der Waals surface area contributed by atoms with Crippen molar-refractivity contribution in [2.75, 3.05) is 24.7 Å². The lowest BCUT2D eigenvalue weighted by Crippen LogP contribution is -2.25. The average molecular weight is 449 g/mol. The normalized spacial score (nSPS) is 19.6. The van der Waals surface area contributed by atoms with Gasteiger partial charge in [-0.05, 0) is 37.0 Å². The Balaban J connectivity index is 1.68. The number of fused-ring (bicyclic) bond motifs is 2. The molecule has 1 unspecified atom stereocenters. The number of ether oxygens (including phenoxy) is 1. The molecule has 1 atom stereocenters. The summed E-state index contributed by atoms with van der Waals surface area (Å²) in [5.41, 5.74) is 2.75. The van der Waals surface area contributed by atoms with Gasteiger partial charge in [-0.2, -0.15) is 0 Å². The molecule has 0 radical (unpaired) electrons. The van der Waals surface area contributed by atoms with E-state index in [1.54, 1.807) is 18.5 Å². The Morgan fingerprint density at radius 2 is 2.18 bits per heavy atom. The van der Waals surface area contributed by atoms with Crippen LogP contribution in [0, 0.1) is 0 Å². The summed E-state index contributed by atoms with van der Waals surface area (Å²) in [6.45, 7) is 2.12. The van der Waals surface area contributed by atoms with Gasteiger partial charge in [-0.1, -0.05) is 15.9 Å². The van der Waals surface area contributed by atoms with E-state index in [1.807, 2.05) is 6.20 Å². The third-order valence-corrected chi connectivity index (χ3v) is 6.26. The monoisotopic (exact) mass is 448 g/mol. The summed E-state index contributed by atoms with van der Waals surface area (Å²) in [4.78, 5) is 11.3. The fourth-order valence-corrected chi connectivity index (χ4v) is 4.85. The van der Waals surface area contributed by atoms with Crippen LogP contribution in [0.5, 0.6) is 0 Å². The van der Waals surface area contributed by atoms with Crippen molar-refractivity contribution in [3.63, 3.8) is 0 Å². The zero-order valence-electron chi connectivity index (χ0n) is 15.1. The predicted molar refractivity (Wildman–Crippen MR) is 106 cm³/mol. The molecule has 5 rings (SSSR count). The van der Waals surface area contributed by atoms with Crippen molar-refractivity contribution >= 4 is 33.0 Å². The highest BCUT2D eigenvalue weighted by Crippen LogP contribution is 2.42. The number of hydrogen-bond donors (Lipinski definition) is 0. The second kappa shape index (κ2) is 7.08. The van der Waals surface area contributed by atoms with Gasteiger partial charge in [0.15, 0.2) is 5.82 Å². The van der Waals surface area contributed by atoms with Gasteiger partial charge < -0.3 is 9.64 Å². The van der Waals surface area contributed by atoms with Gasteiger partial charge in [-0.15, -0.1) is 0 Å². The second-order valence-electron chi connectivity index (χ2n) is 7.24. The molecule has 1 saturated heterocycles. The summed E-state index contributed by atoms with van der Waals surface area (Å²) in [7, 11) is 0. The number of alkyl halides is 2. The maximum atomic E-state index is 13.4. The number of anilines is 2. The van der Waals surface area contributed by atoms with E-state index in [9.17, 15) is 8.78 Å². The van der Waals surface area contributed by atoms with Gasteiger partial charge in [0.1, 0.15) is 11.3 Å². The smallest absolute Gasteiger partial charge is 0.263 e. The van der Waals surface area contributed by atoms with Crippen LogP contribution in [0.3, 0.4) is 0 Å². The Kier molecular flexibility index (Phi) is 4.55. The van der Waals surface area contributed by atoms with E-state index in [0.717, 1.165) is 65.3 Å². The van der Waals surface area contributed by atoms with Crippen LogP contribution in [-0.4, -0.2) is 34.1 Å².